The lowest BCUT2D eigenvalue weighted by Crippen LogP contribution is -2.50. The largest absolute Gasteiger partial charge is 0.357 e. The van der Waals surface area contributed by atoms with Crippen molar-refractivity contribution in [2.75, 3.05) is 17.9 Å². The second-order valence-corrected chi connectivity index (χ2v) is 11.6. The highest BCUT2D eigenvalue weighted by atomic mass is 35.5. The summed E-state index contributed by atoms with van der Waals surface area (Å²) in [6.45, 7) is 0.865. The van der Waals surface area contributed by atoms with Crippen LogP contribution in [0.25, 0.3) is 0 Å². The van der Waals surface area contributed by atoms with Gasteiger partial charge in [0.25, 0.3) is 10.0 Å². The van der Waals surface area contributed by atoms with Gasteiger partial charge in [0.2, 0.25) is 11.8 Å². The van der Waals surface area contributed by atoms with Crippen molar-refractivity contribution < 1.29 is 18.0 Å². The molecule has 3 aromatic rings. The molecule has 0 fully saturated rings. The molecule has 0 aromatic heterocycles. The van der Waals surface area contributed by atoms with Gasteiger partial charge in [-0.2, -0.15) is 0 Å². The molecule has 0 aliphatic rings. The first kappa shape index (κ1) is 29.1. The molecule has 3 aromatic carbocycles. The summed E-state index contributed by atoms with van der Waals surface area (Å²) in [6, 6.07) is 15.5. The highest BCUT2D eigenvalue weighted by molar-refractivity contribution is 7.92. The van der Waals surface area contributed by atoms with Crippen LogP contribution in [0.1, 0.15) is 12.5 Å². The van der Waals surface area contributed by atoms with Crippen LogP contribution in [0.3, 0.4) is 0 Å². The molecule has 37 heavy (non-hydrogen) atoms. The molecule has 12 heteroatoms. The molecule has 7 nitrogen and oxygen atoms in total. The molecule has 0 unspecified atom stereocenters. The minimum atomic E-state index is -4.23. The monoisotopic (exact) mass is 601 g/mol. The molecule has 0 bridgehead atoms. The summed E-state index contributed by atoms with van der Waals surface area (Å²) in [7, 11) is -2.79. The predicted molar refractivity (Wildman–Crippen MR) is 148 cm³/mol. The summed E-state index contributed by atoms with van der Waals surface area (Å²) >= 11 is 24.4. The van der Waals surface area contributed by atoms with Crippen molar-refractivity contribution in [2.45, 2.75) is 24.4 Å². The number of hydrogen-bond donors (Lipinski definition) is 1. The zero-order valence-electron chi connectivity index (χ0n) is 19.8. The Morgan fingerprint density at radius 3 is 2.11 bits per heavy atom. The van der Waals surface area contributed by atoms with E-state index in [0.717, 1.165) is 4.31 Å². The van der Waals surface area contributed by atoms with Crippen LogP contribution in [0, 0.1) is 0 Å². The van der Waals surface area contributed by atoms with Gasteiger partial charge in [0.15, 0.2) is 0 Å². The number of nitrogens with zero attached hydrogens (tertiary/aromatic N) is 2. The van der Waals surface area contributed by atoms with Crippen LogP contribution < -0.4 is 9.62 Å². The summed E-state index contributed by atoms with van der Waals surface area (Å²) in [5.74, 6) is -1.08. The third-order valence-corrected chi connectivity index (χ3v) is 8.41. The third kappa shape index (κ3) is 7.09. The number of likely N-dealkylation sites (N-methyl/N-ethyl adjacent to an activating group) is 1. The number of carbonyl (C=O) groups is 2. The summed E-state index contributed by atoms with van der Waals surface area (Å²) < 4.78 is 28.3. The number of anilines is 1. The lowest BCUT2D eigenvalue weighted by atomic mass is 10.1. The van der Waals surface area contributed by atoms with E-state index in [2.05, 4.69) is 5.32 Å². The molecule has 0 aliphatic carbocycles. The molecule has 0 radical (unpaired) electrons. The van der Waals surface area contributed by atoms with Crippen molar-refractivity contribution in [3.63, 3.8) is 0 Å². The van der Waals surface area contributed by atoms with Crippen LogP contribution in [-0.2, 0) is 26.2 Å². The van der Waals surface area contributed by atoms with E-state index in [1.54, 1.807) is 24.3 Å². The third-order valence-electron chi connectivity index (χ3n) is 5.55. The number of amides is 2. The standard InChI is InChI=1S/C25H23Cl4N3O4S/c1-16(25(34)30-2)31(14-17-6-7-20(28)13-23(17)29)24(33)15-32(21-5-3-4-19(27)12-21)37(35,36)22-10-8-18(26)9-11-22/h3-13,16H,14-15H2,1-2H3,(H,30,34)/t16-/m0/s1. The minimum Gasteiger partial charge on any atom is -0.357 e. The molecule has 0 saturated carbocycles. The van der Waals surface area contributed by atoms with Gasteiger partial charge in [-0.05, 0) is 67.1 Å². The Hall–Kier alpha value is -2.49. The number of benzene rings is 3. The van der Waals surface area contributed by atoms with Gasteiger partial charge in [-0.1, -0.05) is 58.5 Å². The highest BCUT2D eigenvalue weighted by Gasteiger charge is 2.32. The van der Waals surface area contributed by atoms with Crippen LogP contribution in [0.5, 0.6) is 0 Å². The number of halogens is 4. The van der Waals surface area contributed by atoms with Gasteiger partial charge in [-0.25, -0.2) is 8.42 Å². The topological polar surface area (TPSA) is 86.8 Å². The smallest absolute Gasteiger partial charge is 0.264 e. The van der Waals surface area contributed by atoms with Crippen LogP contribution in [-0.4, -0.2) is 44.8 Å². The van der Waals surface area contributed by atoms with Crippen molar-refractivity contribution >= 4 is 73.9 Å². The van der Waals surface area contributed by atoms with Crippen LogP contribution in [0.2, 0.25) is 20.1 Å². The Balaban J connectivity index is 2.05. The molecular weight excluding hydrogens is 580 g/mol. The number of carbonyl (C=O) groups excluding carboxylic acids is 2. The second-order valence-electron chi connectivity index (χ2n) is 7.99. The van der Waals surface area contributed by atoms with E-state index in [0.29, 0.717) is 20.6 Å². The van der Waals surface area contributed by atoms with Crippen LogP contribution in [0.4, 0.5) is 5.69 Å². The maximum absolute atomic E-state index is 13.7. The van der Waals surface area contributed by atoms with E-state index in [9.17, 15) is 18.0 Å². The fraction of sp³-hybridized carbons (Fsp3) is 0.200. The molecule has 0 saturated heterocycles. The zero-order chi connectivity index (χ0) is 27.3. The molecule has 0 heterocycles. The van der Waals surface area contributed by atoms with E-state index >= 15 is 0 Å². The van der Waals surface area contributed by atoms with E-state index in [4.69, 9.17) is 46.4 Å². The number of sulfonamides is 1. The Morgan fingerprint density at radius 1 is 0.892 bits per heavy atom. The molecule has 2 amide bonds. The van der Waals surface area contributed by atoms with E-state index in [1.807, 2.05) is 0 Å². The van der Waals surface area contributed by atoms with Gasteiger partial charge in [0, 0.05) is 33.7 Å². The van der Waals surface area contributed by atoms with E-state index in [-0.39, 0.29) is 22.2 Å². The number of nitrogens with one attached hydrogen (secondary N) is 1. The lowest BCUT2D eigenvalue weighted by Gasteiger charge is -2.32. The quantitative estimate of drug-likeness (QED) is 0.342. The normalized spacial score (nSPS) is 12.1. The molecule has 3 rings (SSSR count). The van der Waals surface area contributed by atoms with Crippen molar-refractivity contribution in [3.8, 4) is 0 Å². The van der Waals surface area contributed by atoms with Gasteiger partial charge in [0.05, 0.1) is 10.6 Å². The second kappa shape index (κ2) is 12.4. The summed E-state index contributed by atoms with van der Waals surface area (Å²) in [5.41, 5.74) is 0.706. The highest BCUT2D eigenvalue weighted by Crippen LogP contribution is 2.28. The van der Waals surface area contributed by atoms with E-state index in [1.165, 1.54) is 61.3 Å². The molecule has 0 spiro atoms. The number of rotatable bonds is 9. The SMILES string of the molecule is CNC(=O)[C@H](C)N(Cc1ccc(Cl)cc1Cl)C(=O)CN(c1cccc(Cl)c1)S(=O)(=O)c1ccc(Cl)cc1. The zero-order valence-corrected chi connectivity index (χ0v) is 23.6. The Morgan fingerprint density at radius 2 is 1.51 bits per heavy atom. The molecular formula is C25H23Cl4N3O4S. The fourth-order valence-corrected chi connectivity index (χ4v) is 5.70. The van der Waals surface area contributed by atoms with Crippen molar-refractivity contribution in [3.05, 3.63) is 92.4 Å². The minimum absolute atomic E-state index is 0.0617. The van der Waals surface area contributed by atoms with Crippen LogP contribution >= 0.6 is 46.4 Å². The van der Waals surface area contributed by atoms with Crippen molar-refractivity contribution in [1.82, 2.24) is 10.2 Å². The number of hydrogen-bond acceptors (Lipinski definition) is 4. The molecule has 1 atom stereocenters. The summed E-state index contributed by atoms with van der Waals surface area (Å²) in [6.07, 6.45) is 0. The summed E-state index contributed by atoms with van der Waals surface area (Å²) in [4.78, 5) is 27.4. The fourth-order valence-electron chi connectivity index (χ4n) is 3.52. The molecule has 1 N–H and O–H groups in total. The Labute approximate surface area is 235 Å². The van der Waals surface area contributed by atoms with Crippen molar-refractivity contribution in [1.29, 1.82) is 0 Å². The van der Waals surface area contributed by atoms with Gasteiger partial charge >= 0.3 is 0 Å². The van der Waals surface area contributed by atoms with Gasteiger partial charge in [-0.15, -0.1) is 0 Å². The first-order valence-electron chi connectivity index (χ1n) is 10.9. The van der Waals surface area contributed by atoms with Crippen molar-refractivity contribution in [2.24, 2.45) is 0 Å². The maximum Gasteiger partial charge on any atom is 0.264 e. The summed E-state index contributed by atoms with van der Waals surface area (Å²) in [5, 5.41) is 3.86. The average molecular weight is 603 g/mol. The van der Waals surface area contributed by atoms with Gasteiger partial charge < -0.3 is 10.2 Å². The Kier molecular flexibility index (Phi) is 9.72. The first-order chi connectivity index (χ1) is 17.4. The van der Waals surface area contributed by atoms with E-state index < -0.39 is 34.4 Å². The predicted octanol–water partition coefficient (Wildman–Crippen LogP) is 5.66. The maximum atomic E-state index is 13.7. The van der Waals surface area contributed by atoms with Gasteiger partial charge in [0.1, 0.15) is 12.6 Å². The van der Waals surface area contributed by atoms with Gasteiger partial charge in [-0.3, -0.25) is 13.9 Å². The molecule has 196 valence electrons. The Bertz CT molecular complexity index is 1400. The average Bonchev–Trinajstić information content (AvgIpc) is 2.86. The first-order valence-corrected chi connectivity index (χ1v) is 13.9. The lowest BCUT2D eigenvalue weighted by molar-refractivity contribution is -0.139. The van der Waals surface area contributed by atoms with Crippen LogP contribution in [0.15, 0.2) is 71.6 Å². The molecule has 0 aliphatic heterocycles.